The third-order valence-corrected chi connectivity index (χ3v) is 3.19. The standard InChI is InChI=1S/C16H11F6NO.CH3.Ti/c1-9-3-2-4-10(14(9)24)8-23-13-6-11(15(17,18)19)5-12(7-13)16(20,21)22;;/h2-8,24H,1H3;1H3;/q;-1;+2. The number of nitrogens with zero attached hydrogens (tertiary/aromatic N) is 1. The summed E-state index contributed by atoms with van der Waals surface area (Å²) in [4.78, 5) is 3.64. The smallest absolute Gasteiger partial charge is 0.507 e. The van der Waals surface area contributed by atoms with Gasteiger partial charge in [0.1, 0.15) is 5.75 Å². The number of para-hydroxylation sites is 1. The zero-order valence-electron chi connectivity index (χ0n) is 13.7. The van der Waals surface area contributed by atoms with Gasteiger partial charge in [0.05, 0.1) is 16.8 Å². The quantitative estimate of drug-likeness (QED) is 0.283. The van der Waals surface area contributed by atoms with Gasteiger partial charge in [0, 0.05) is 11.8 Å². The van der Waals surface area contributed by atoms with Gasteiger partial charge in [0.2, 0.25) is 0 Å². The topological polar surface area (TPSA) is 32.6 Å². The molecule has 0 aliphatic rings. The predicted molar refractivity (Wildman–Crippen MR) is 83.0 cm³/mol. The molecule has 0 bridgehead atoms. The number of hydrogen-bond acceptors (Lipinski definition) is 2. The SMILES string of the molecule is Cc1cccc(C=Nc2cc(C(F)(F)F)cc(C(F)(F)F)c2)c1O.[CH3-].[Ti+2]. The van der Waals surface area contributed by atoms with Crippen LogP contribution < -0.4 is 0 Å². The summed E-state index contributed by atoms with van der Waals surface area (Å²) in [5, 5.41) is 9.79. The molecule has 0 aromatic heterocycles. The van der Waals surface area contributed by atoms with E-state index in [0.29, 0.717) is 17.7 Å². The molecular weight excluding hydrogens is 396 g/mol. The summed E-state index contributed by atoms with van der Waals surface area (Å²) in [5.41, 5.74) is -2.73. The Labute approximate surface area is 161 Å². The molecular formula is C17H14F6NOTi+. The van der Waals surface area contributed by atoms with Crippen LogP contribution in [0.25, 0.3) is 0 Å². The van der Waals surface area contributed by atoms with Crippen LogP contribution in [0.15, 0.2) is 41.4 Å². The number of halogens is 6. The monoisotopic (exact) mass is 410 g/mol. The van der Waals surface area contributed by atoms with Crippen molar-refractivity contribution < 1.29 is 53.2 Å². The van der Waals surface area contributed by atoms with E-state index in [4.69, 9.17) is 0 Å². The normalized spacial score (nSPS) is 11.8. The van der Waals surface area contributed by atoms with Gasteiger partial charge in [-0.1, -0.05) is 12.1 Å². The largest absolute Gasteiger partial charge is 2.00 e. The van der Waals surface area contributed by atoms with Crippen LogP contribution in [-0.4, -0.2) is 11.3 Å². The first-order valence-electron chi connectivity index (χ1n) is 6.60. The fourth-order valence-corrected chi connectivity index (χ4v) is 1.94. The minimum absolute atomic E-state index is 0. The summed E-state index contributed by atoms with van der Waals surface area (Å²) in [5.74, 6) is -0.149. The van der Waals surface area contributed by atoms with E-state index in [9.17, 15) is 31.4 Å². The number of phenolic OH excluding ortho intramolecular Hbond substituents is 1. The Hall–Kier alpha value is -1.80. The molecule has 2 aromatic rings. The van der Waals surface area contributed by atoms with E-state index in [1.807, 2.05) is 0 Å². The van der Waals surface area contributed by atoms with Crippen LogP contribution in [0.1, 0.15) is 22.3 Å². The van der Waals surface area contributed by atoms with Crippen molar-refractivity contribution in [3.63, 3.8) is 0 Å². The van der Waals surface area contributed by atoms with Crippen molar-refractivity contribution in [2.45, 2.75) is 19.3 Å². The Kier molecular flexibility index (Phi) is 8.13. The number of aromatic hydroxyl groups is 1. The number of alkyl halides is 6. The maximum atomic E-state index is 12.8. The van der Waals surface area contributed by atoms with E-state index in [1.54, 1.807) is 19.1 Å². The maximum absolute atomic E-state index is 12.8. The Morgan fingerprint density at radius 1 is 0.923 bits per heavy atom. The van der Waals surface area contributed by atoms with Crippen LogP contribution in [0.2, 0.25) is 0 Å². The maximum Gasteiger partial charge on any atom is 2.00 e. The number of benzene rings is 2. The molecule has 0 unspecified atom stereocenters. The minimum Gasteiger partial charge on any atom is -0.507 e. The van der Waals surface area contributed by atoms with Gasteiger partial charge in [-0.05, 0) is 36.8 Å². The van der Waals surface area contributed by atoms with Crippen molar-refractivity contribution in [2.24, 2.45) is 4.99 Å². The predicted octanol–water partition coefficient (Wildman–Crippen LogP) is 5.94. The van der Waals surface area contributed by atoms with Crippen LogP contribution in [0.3, 0.4) is 0 Å². The minimum atomic E-state index is -4.93. The number of rotatable bonds is 2. The van der Waals surface area contributed by atoms with Crippen LogP contribution in [-0.2, 0) is 34.1 Å². The van der Waals surface area contributed by atoms with Gasteiger partial charge < -0.3 is 12.5 Å². The van der Waals surface area contributed by atoms with Gasteiger partial charge in [-0.2, -0.15) is 26.3 Å². The molecule has 138 valence electrons. The molecule has 2 rings (SSSR count). The summed E-state index contributed by atoms with van der Waals surface area (Å²) in [6, 6.07) is 5.66. The number of aliphatic imine (C=N–C) groups is 1. The summed E-state index contributed by atoms with van der Waals surface area (Å²) < 4.78 is 76.5. The molecule has 2 aromatic carbocycles. The zero-order valence-corrected chi connectivity index (χ0v) is 15.3. The van der Waals surface area contributed by atoms with E-state index in [-0.39, 0.29) is 46.5 Å². The molecule has 0 saturated carbocycles. The van der Waals surface area contributed by atoms with E-state index < -0.39 is 29.2 Å². The van der Waals surface area contributed by atoms with Gasteiger partial charge in [0.25, 0.3) is 0 Å². The third-order valence-electron chi connectivity index (χ3n) is 3.19. The second kappa shape index (κ2) is 8.73. The van der Waals surface area contributed by atoms with E-state index in [2.05, 4.69) is 4.99 Å². The van der Waals surface area contributed by atoms with Crippen molar-refractivity contribution in [3.05, 3.63) is 66.1 Å². The van der Waals surface area contributed by atoms with E-state index >= 15 is 0 Å². The van der Waals surface area contributed by atoms with Crippen molar-refractivity contribution in [2.75, 3.05) is 0 Å². The van der Waals surface area contributed by atoms with Crippen molar-refractivity contribution >= 4 is 11.9 Å². The molecule has 0 amide bonds. The van der Waals surface area contributed by atoms with Gasteiger partial charge in [-0.25, -0.2) is 0 Å². The molecule has 0 heterocycles. The van der Waals surface area contributed by atoms with Crippen LogP contribution in [0.5, 0.6) is 5.75 Å². The van der Waals surface area contributed by atoms with Crippen molar-refractivity contribution in [3.8, 4) is 5.75 Å². The van der Waals surface area contributed by atoms with Gasteiger partial charge in [-0.15, -0.1) is 0 Å². The van der Waals surface area contributed by atoms with Gasteiger partial charge in [-0.3, -0.25) is 4.99 Å². The molecule has 9 heteroatoms. The van der Waals surface area contributed by atoms with Gasteiger partial charge >= 0.3 is 34.1 Å². The average molecular weight is 410 g/mol. The summed E-state index contributed by atoms with van der Waals surface area (Å²) in [6.45, 7) is 1.60. The Morgan fingerprint density at radius 3 is 1.88 bits per heavy atom. The second-order valence-electron chi connectivity index (χ2n) is 5.04. The Bertz CT molecular complexity index is 752. The molecule has 0 spiro atoms. The van der Waals surface area contributed by atoms with Crippen LogP contribution >= 0.6 is 0 Å². The number of hydrogen-bond donors (Lipinski definition) is 1. The van der Waals surface area contributed by atoms with Crippen LogP contribution in [0.4, 0.5) is 32.0 Å². The molecule has 0 aliphatic heterocycles. The fourth-order valence-electron chi connectivity index (χ4n) is 1.94. The summed E-state index contributed by atoms with van der Waals surface area (Å²) >= 11 is 0. The first kappa shape index (κ1) is 24.2. The number of phenols is 1. The molecule has 26 heavy (non-hydrogen) atoms. The molecule has 2 nitrogen and oxygen atoms in total. The van der Waals surface area contributed by atoms with E-state index in [0.717, 1.165) is 6.21 Å². The molecule has 0 atom stereocenters. The summed E-state index contributed by atoms with van der Waals surface area (Å²) in [7, 11) is 0. The van der Waals surface area contributed by atoms with Crippen LogP contribution in [0, 0.1) is 14.4 Å². The first-order chi connectivity index (χ1) is 11.0. The zero-order chi connectivity index (χ0) is 18.1. The van der Waals surface area contributed by atoms with Gasteiger partial charge in [0.15, 0.2) is 0 Å². The van der Waals surface area contributed by atoms with Crippen molar-refractivity contribution in [1.29, 1.82) is 0 Å². The average Bonchev–Trinajstić information content (AvgIpc) is 2.47. The third kappa shape index (κ3) is 5.88. The first-order valence-corrected chi connectivity index (χ1v) is 6.60. The Balaban J connectivity index is 0.00000312. The Morgan fingerprint density at radius 2 is 1.42 bits per heavy atom. The second-order valence-corrected chi connectivity index (χ2v) is 5.04. The van der Waals surface area contributed by atoms with E-state index in [1.165, 1.54) is 6.07 Å². The molecule has 0 fully saturated rings. The summed E-state index contributed by atoms with van der Waals surface area (Å²) in [6.07, 6.45) is -8.86. The molecule has 0 saturated heterocycles. The number of aryl methyl sites for hydroxylation is 1. The molecule has 0 radical (unpaired) electrons. The fraction of sp³-hybridized carbons (Fsp3) is 0.176. The molecule has 0 aliphatic carbocycles. The molecule has 1 N–H and O–H groups in total. The van der Waals surface area contributed by atoms with Crippen molar-refractivity contribution in [1.82, 2.24) is 0 Å².